The summed E-state index contributed by atoms with van der Waals surface area (Å²) in [6, 6.07) is 0. The Balaban J connectivity index is 4.34. The minimum absolute atomic E-state index is 0.177. The van der Waals surface area contributed by atoms with E-state index in [1.54, 1.807) is 0 Å². The van der Waals surface area contributed by atoms with E-state index in [9.17, 15) is 24.2 Å². The maximum absolute atomic E-state index is 12.5. The van der Waals surface area contributed by atoms with Gasteiger partial charge in [-0.25, -0.2) is 4.57 Å². The van der Waals surface area contributed by atoms with Gasteiger partial charge in [-0.15, -0.1) is 0 Å². The number of carbonyl (C=O) groups is 2. The average Bonchev–Trinajstić information content (AvgIpc) is 3.07. The van der Waals surface area contributed by atoms with Crippen molar-refractivity contribution in [1.29, 1.82) is 0 Å². The molecular weight excluding hydrogens is 635 g/mol. The van der Waals surface area contributed by atoms with Crippen LogP contribution >= 0.6 is 7.82 Å². The fraction of sp³-hybridized carbons (Fsp3) is 0.892. The van der Waals surface area contributed by atoms with Gasteiger partial charge in [0.25, 0.3) is 0 Å². The molecule has 0 aromatic rings. The maximum atomic E-state index is 12.5. The summed E-state index contributed by atoms with van der Waals surface area (Å²) < 4.78 is 32.5. The highest BCUT2D eigenvalue weighted by atomic mass is 31.2. The van der Waals surface area contributed by atoms with Crippen LogP contribution in [0.2, 0.25) is 0 Å². The van der Waals surface area contributed by atoms with Gasteiger partial charge in [-0.3, -0.25) is 18.6 Å². The van der Waals surface area contributed by atoms with Crippen LogP contribution in [-0.2, 0) is 32.7 Å². The predicted molar refractivity (Wildman–Crippen MR) is 192 cm³/mol. The second-order valence-corrected chi connectivity index (χ2v) is 14.4. The summed E-state index contributed by atoms with van der Waals surface area (Å²) in [4.78, 5) is 34.8. The molecule has 0 saturated heterocycles. The van der Waals surface area contributed by atoms with Gasteiger partial charge in [0.1, 0.15) is 12.7 Å². The summed E-state index contributed by atoms with van der Waals surface area (Å²) in [7, 11) is -4.61. The summed E-state index contributed by atoms with van der Waals surface area (Å²) >= 11 is 0. The van der Waals surface area contributed by atoms with Gasteiger partial charge in [0.05, 0.1) is 19.8 Å². The molecule has 0 spiro atoms. The minimum Gasteiger partial charge on any atom is -0.462 e. The van der Waals surface area contributed by atoms with Gasteiger partial charge >= 0.3 is 19.8 Å². The Morgan fingerprint density at radius 2 is 1.04 bits per heavy atom. The lowest BCUT2D eigenvalue weighted by atomic mass is 10.0. The van der Waals surface area contributed by atoms with E-state index in [-0.39, 0.29) is 19.4 Å². The highest BCUT2D eigenvalue weighted by Crippen LogP contribution is 2.43. The van der Waals surface area contributed by atoms with Crippen LogP contribution in [0, 0.1) is 0 Å². The molecule has 3 N–H and O–H groups in total. The Kier molecular flexibility index (Phi) is 33.3. The molecular formula is C37H71O10P. The summed E-state index contributed by atoms with van der Waals surface area (Å²) in [5.41, 5.74) is 0. The zero-order valence-corrected chi connectivity index (χ0v) is 31.4. The first kappa shape index (κ1) is 46.7. The van der Waals surface area contributed by atoms with Crippen molar-refractivity contribution >= 4 is 19.8 Å². The molecule has 48 heavy (non-hydrogen) atoms. The van der Waals surface area contributed by atoms with Crippen molar-refractivity contribution in [3.8, 4) is 0 Å². The van der Waals surface area contributed by atoms with Gasteiger partial charge in [0.15, 0.2) is 6.10 Å². The van der Waals surface area contributed by atoms with Crippen LogP contribution in [0.5, 0.6) is 0 Å². The van der Waals surface area contributed by atoms with E-state index in [4.69, 9.17) is 19.1 Å². The number of hydrogen-bond donors (Lipinski definition) is 3. The second kappa shape index (κ2) is 34.2. The SMILES string of the molecule is CCCC/C=C\CCCCCCCC(=O)O[C@H](COC(=O)CCCCCCCCCCCCCCCC)COP(=O)(O)OCC(O)CO. The number of esters is 2. The summed E-state index contributed by atoms with van der Waals surface area (Å²) in [6.45, 7) is 2.32. The standard InChI is InChI=1S/C37H71O10P/c1-3-5-7-9-11-13-15-16-17-19-20-22-24-26-28-36(40)44-32-35(33-46-48(42,43)45-31-34(39)30-38)47-37(41)29-27-25-23-21-18-14-12-10-8-6-4-2/h10,12,34-35,38-39H,3-9,11,13-33H2,1-2H3,(H,42,43)/b12-10-/t34?,35-/m1/s1. The number of allylic oxidation sites excluding steroid dienone is 2. The van der Waals surface area contributed by atoms with Crippen molar-refractivity contribution in [1.82, 2.24) is 0 Å². The Morgan fingerprint density at radius 1 is 0.604 bits per heavy atom. The molecule has 0 amide bonds. The van der Waals surface area contributed by atoms with Crippen molar-refractivity contribution in [2.75, 3.05) is 26.4 Å². The van der Waals surface area contributed by atoms with E-state index < -0.39 is 51.8 Å². The van der Waals surface area contributed by atoms with Crippen LogP contribution in [0.15, 0.2) is 12.2 Å². The third-order valence-corrected chi connectivity index (χ3v) is 9.12. The highest BCUT2D eigenvalue weighted by Gasteiger charge is 2.27. The van der Waals surface area contributed by atoms with E-state index in [0.717, 1.165) is 57.8 Å². The van der Waals surface area contributed by atoms with E-state index in [1.807, 2.05) is 0 Å². The number of ether oxygens (including phenoxy) is 2. The molecule has 2 unspecified atom stereocenters. The van der Waals surface area contributed by atoms with Gasteiger partial charge in [-0.2, -0.15) is 0 Å². The fourth-order valence-corrected chi connectivity index (χ4v) is 5.94. The van der Waals surface area contributed by atoms with E-state index in [0.29, 0.717) is 12.8 Å². The molecule has 0 aromatic carbocycles. The Bertz CT molecular complexity index is 822. The zero-order chi connectivity index (χ0) is 35.6. The van der Waals surface area contributed by atoms with Crippen molar-refractivity contribution in [2.24, 2.45) is 0 Å². The molecule has 0 aliphatic heterocycles. The van der Waals surface area contributed by atoms with Crippen LogP contribution in [0.1, 0.15) is 174 Å². The van der Waals surface area contributed by atoms with E-state index >= 15 is 0 Å². The van der Waals surface area contributed by atoms with E-state index in [2.05, 4.69) is 30.5 Å². The molecule has 0 fully saturated rings. The molecule has 10 nitrogen and oxygen atoms in total. The second-order valence-electron chi connectivity index (χ2n) is 13.0. The summed E-state index contributed by atoms with van der Waals surface area (Å²) in [5.74, 6) is -0.931. The first-order chi connectivity index (χ1) is 23.2. The first-order valence-corrected chi connectivity index (χ1v) is 20.6. The molecule has 0 aliphatic rings. The van der Waals surface area contributed by atoms with Gasteiger partial charge in [0.2, 0.25) is 0 Å². The number of carbonyl (C=O) groups excluding carboxylic acids is 2. The molecule has 0 bridgehead atoms. The third-order valence-electron chi connectivity index (χ3n) is 8.17. The lowest BCUT2D eigenvalue weighted by molar-refractivity contribution is -0.161. The van der Waals surface area contributed by atoms with Crippen LogP contribution in [-0.4, -0.2) is 65.7 Å². The summed E-state index contributed by atoms with van der Waals surface area (Å²) in [6.07, 6.45) is 29.0. The molecule has 0 saturated carbocycles. The lowest BCUT2D eigenvalue weighted by Crippen LogP contribution is -2.29. The molecule has 11 heteroatoms. The number of rotatable bonds is 36. The number of phosphoric acid groups is 1. The molecule has 0 aromatic heterocycles. The fourth-order valence-electron chi connectivity index (χ4n) is 5.15. The smallest absolute Gasteiger partial charge is 0.462 e. The van der Waals surface area contributed by atoms with Crippen LogP contribution < -0.4 is 0 Å². The quantitative estimate of drug-likeness (QED) is 0.0249. The molecule has 3 atom stereocenters. The number of hydrogen-bond acceptors (Lipinski definition) is 9. The van der Waals surface area contributed by atoms with Crippen molar-refractivity contribution < 1.29 is 47.8 Å². The first-order valence-electron chi connectivity index (χ1n) is 19.1. The molecule has 0 radical (unpaired) electrons. The Morgan fingerprint density at radius 3 is 1.56 bits per heavy atom. The maximum Gasteiger partial charge on any atom is 0.472 e. The number of unbranched alkanes of at least 4 members (excludes halogenated alkanes) is 20. The minimum atomic E-state index is -4.61. The highest BCUT2D eigenvalue weighted by molar-refractivity contribution is 7.47. The van der Waals surface area contributed by atoms with Crippen LogP contribution in [0.3, 0.4) is 0 Å². The van der Waals surface area contributed by atoms with Gasteiger partial charge in [-0.05, 0) is 32.1 Å². The zero-order valence-electron chi connectivity index (χ0n) is 30.5. The largest absolute Gasteiger partial charge is 0.472 e. The number of aliphatic hydroxyl groups excluding tert-OH is 2. The molecule has 284 valence electrons. The normalized spacial score (nSPS) is 14.2. The van der Waals surface area contributed by atoms with Crippen molar-refractivity contribution in [3.63, 3.8) is 0 Å². The predicted octanol–water partition coefficient (Wildman–Crippen LogP) is 9.28. The van der Waals surface area contributed by atoms with Crippen molar-refractivity contribution in [2.45, 2.75) is 187 Å². The van der Waals surface area contributed by atoms with Crippen molar-refractivity contribution in [3.05, 3.63) is 12.2 Å². The Labute approximate surface area is 292 Å². The molecule has 0 rings (SSSR count). The lowest BCUT2D eigenvalue weighted by Gasteiger charge is -2.20. The number of phosphoric ester groups is 1. The van der Waals surface area contributed by atoms with Gasteiger partial charge < -0.3 is 24.6 Å². The molecule has 0 aliphatic carbocycles. The third kappa shape index (κ3) is 33.2. The van der Waals surface area contributed by atoms with Crippen LogP contribution in [0.25, 0.3) is 0 Å². The van der Waals surface area contributed by atoms with E-state index in [1.165, 1.54) is 77.0 Å². The van der Waals surface area contributed by atoms with Crippen LogP contribution in [0.4, 0.5) is 0 Å². The average molecular weight is 707 g/mol. The topological polar surface area (TPSA) is 149 Å². The molecule has 0 heterocycles. The monoisotopic (exact) mass is 706 g/mol. The van der Waals surface area contributed by atoms with Gasteiger partial charge in [-0.1, -0.05) is 142 Å². The van der Waals surface area contributed by atoms with Gasteiger partial charge in [0, 0.05) is 12.8 Å². The Hall–Kier alpha value is -1.29. The number of aliphatic hydroxyl groups is 2. The summed E-state index contributed by atoms with van der Waals surface area (Å²) in [5, 5.41) is 18.2.